The van der Waals surface area contributed by atoms with Gasteiger partial charge >= 0.3 is 0 Å². The summed E-state index contributed by atoms with van der Waals surface area (Å²) in [4.78, 5) is 0. The second-order valence-electron chi connectivity index (χ2n) is 4.84. The maximum absolute atomic E-state index is 3.46. The SMILES string of the molecule is CNC(CCC(C)C)C1=CCCCC1. The van der Waals surface area contributed by atoms with Crippen molar-refractivity contribution in [2.75, 3.05) is 7.05 Å². The van der Waals surface area contributed by atoms with Gasteiger partial charge in [-0.2, -0.15) is 0 Å². The monoisotopic (exact) mass is 195 g/mol. The average Bonchev–Trinajstić information content (AvgIpc) is 2.20. The summed E-state index contributed by atoms with van der Waals surface area (Å²) >= 11 is 0. The topological polar surface area (TPSA) is 12.0 Å². The Labute approximate surface area is 89.0 Å². The molecule has 0 spiro atoms. The van der Waals surface area contributed by atoms with Crippen LogP contribution in [-0.2, 0) is 0 Å². The van der Waals surface area contributed by atoms with E-state index in [9.17, 15) is 0 Å². The fourth-order valence-corrected chi connectivity index (χ4v) is 2.19. The van der Waals surface area contributed by atoms with Gasteiger partial charge in [0.1, 0.15) is 0 Å². The number of nitrogens with one attached hydrogen (secondary N) is 1. The van der Waals surface area contributed by atoms with Crippen LogP contribution >= 0.6 is 0 Å². The number of hydrogen-bond acceptors (Lipinski definition) is 1. The van der Waals surface area contributed by atoms with Crippen LogP contribution in [0.25, 0.3) is 0 Å². The molecule has 0 aromatic carbocycles. The van der Waals surface area contributed by atoms with Gasteiger partial charge < -0.3 is 5.32 Å². The third-order valence-electron chi connectivity index (χ3n) is 3.15. The largest absolute Gasteiger partial charge is 0.313 e. The van der Waals surface area contributed by atoms with E-state index in [0.29, 0.717) is 6.04 Å². The molecule has 14 heavy (non-hydrogen) atoms. The summed E-state index contributed by atoms with van der Waals surface area (Å²) in [6.07, 6.45) is 10.5. The summed E-state index contributed by atoms with van der Waals surface area (Å²) in [6, 6.07) is 0.651. The van der Waals surface area contributed by atoms with Gasteiger partial charge in [-0.1, -0.05) is 25.5 Å². The first-order valence-corrected chi connectivity index (χ1v) is 6.10. The minimum Gasteiger partial charge on any atom is -0.313 e. The summed E-state index contributed by atoms with van der Waals surface area (Å²) in [5.74, 6) is 0.829. The van der Waals surface area contributed by atoms with Gasteiger partial charge in [0.25, 0.3) is 0 Å². The van der Waals surface area contributed by atoms with E-state index in [-0.39, 0.29) is 0 Å². The Kier molecular flexibility index (Phi) is 5.24. The zero-order valence-electron chi connectivity index (χ0n) is 9.97. The van der Waals surface area contributed by atoms with E-state index < -0.39 is 0 Å². The van der Waals surface area contributed by atoms with Crippen LogP contribution in [0.3, 0.4) is 0 Å². The maximum atomic E-state index is 3.46. The van der Waals surface area contributed by atoms with E-state index in [1.807, 2.05) is 0 Å². The van der Waals surface area contributed by atoms with Crippen molar-refractivity contribution < 1.29 is 0 Å². The Morgan fingerprint density at radius 2 is 2.07 bits per heavy atom. The molecule has 0 radical (unpaired) electrons. The second-order valence-corrected chi connectivity index (χ2v) is 4.84. The Balaban J connectivity index is 2.39. The molecule has 1 unspecified atom stereocenters. The van der Waals surface area contributed by atoms with E-state index in [1.165, 1.54) is 38.5 Å². The quantitative estimate of drug-likeness (QED) is 0.662. The standard InChI is InChI=1S/C13H25N/c1-11(2)9-10-13(14-3)12-7-5-4-6-8-12/h7,11,13-14H,4-6,8-10H2,1-3H3. The smallest absolute Gasteiger partial charge is 0.0276 e. The van der Waals surface area contributed by atoms with Crippen molar-refractivity contribution in [1.29, 1.82) is 0 Å². The van der Waals surface area contributed by atoms with Gasteiger partial charge in [-0.3, -0.25) is 0 Å². The Bertz CT molecular complexity index is 182. The predicted octanol–water partition coefficient (Wildman–Crippen LogP) is 3.51. The highest BCUT2D eigenvalue weighted by atomic mass is 14.9. The molecule has 1 heteroatoms. The van der Waals surface area contributed by atoms with Crippen molar-refractivity contribution in [3.63, 3.8) is 0 Å². The Morgan fingerprint density at radius 1 is 1.29 bits per heavy atom. The van der Waals surface area contributed by atoms with E-state index in [4.69, 9.17) is 0 Å². The minimum absolute atomic E-state index is 0.651. The Hall–Kier alpha value is -0.300. The van der Waals surface area contributed by atoms with Gasteiger partial charge in [-0.15, -0.1) is 0 Å². The van der Waals surface area contributed by atoms with Crippen molar-refractivity contribution in [3.8, 4) is 0 Å². The fourth-order valence-electron chi connectivity index (χ4n) is 2.19. The summed E-state index contributed by atoms with van der Waals surface area (Å²) in [5, 5.41) is 3.46. The molecule has 1 atom stereocenters. The molecule has 1 aliphatic rings. The van der Waals surface area contributed by atoms with E-state index >= 15 is 0 Å². The van der Waals surface area contributed by atoms with Crippen LogP contribution in [0, 0.1) is 5.92 Å². The number of allylic oxidation sites excluding steroid dienone is 1. The third kappa shape index (κ3) is 3.83. The molecule has 0 amide bonds. The van der Waals surface area contributed by atoms with E-state index in [0.717, 1.165) is 5.92 Å². The summed E-state index contributed by atoms with van der Waals surface area (Å²) < 4.78 is 0. The van der Waals surface area contributed by atoms with Crippen molar-refractivity contribution in [3.05, 3.63) is 11.6 Å². The van der Waals surface area contributed by atoms with Gasteiger partial charge in [0, 0.05) is 6.04 Å². The van der Waals surface area contributed by atoms with E-state index in [1.54, 1.807) is 5.57 Å². The van der Waals surface area contributed by atoms with Gasteiger partial charge in [0.05, 0.1) is 0 Å². The second kappa shape index (κ2) is 6.23. The molecule has 82 valence electrons. The molecule has 1 N–H and O–H groups in total. The molecule has 1 nitrogen and oxygen atoms in total. The highest BCUT2D eigenvalue weighted by Crippen LogP contribution is 2.23. The summed E-state index contributed by atoms with van der Waals surface area (Å²) in [5.41, 5.74) is 1.67. The maximum Gasteiger partial charge on any atom is 0.0276 e. The van der Waals surface area contributed by atoms with Gasteiger partial charge in [0.15, 0.2) is 0 Å². The lowest BCUT2D eigenvalue weighted by atomic mass is 9.90. The summed E-state index contributed by atoms with van der Waals surface area (Å²) in [6.45, 7) is 4.62. The first-order valence-electron chi connectivity index (χ1n) is 6.10. The molecule has 0 saturated carbocycles. The molecular weight excluding hydrogens is 170 g/mol. The first-order chi connectivity index (χ1) is 6.74. The highest BCUT2D eigenvalue weighted by molar-refractivity contribution is 5.12. The van der Waals surface area contributed by atoms with Crippen molar-refractivity contribution in [1.82, 2.24) is 5.32 Å². The van der Waals surface area contributed by atoms with Gasteiger partial charge in [-0.05, 0) is 51.5 Å². The zero-order chi connectivity index (χ0) is 10.4. The van der Waals surface area contributed by atoms with Crippen LogP contribution in [-0.4, -0.2) is 13.1 Å². The molecule has 1 rings (SSSR count). The van der Waals surface area contributed by atoms with Crippen LogP contribution < -0.4 is 5.32 Å². The predicted molar refractivity (Wildman–Crippen MR) is 63.5 cm³/mol. The molecule has 1 aliphatic carbocycles. The summed E-state index contributed by atoms with van der Waals surface area (Å²) in [7, 11) is 2.10. The van der Waals surface area contributed by atoms with Crippen LogP contribution in [0.4, 0.5) is 0 Å². The number of likely N-dealkylation sites (N-methyl/N-ethyl adjacent to an activating group) is 1. The molecule has 0 aromatic heterocycles. The van der Waals surface area contributed by atoms with Crippen LogP contribution in [0.1, 0.15) is 52.4 Å². The van der Waals surface area contributed by atoms with Crippen molar-refractivity contribution in [2.24, 2.45) is 5.92 Å². The fraction of sp³-hybridized carbons (Fsp3) is 0.846. The zero-order valence-corrected chi connectivity index (χ0v) is 9.97. The number of hydrogen-bond donors (Lipinski definition) is 1. The van der Waals surface area contributed by atoms with Crippen LogP contribution in [0.5, 0.6) is 0 Å². The molecule has 0 bridgehead atoms. The lowest BCUT2D eigenvalue weighted by molar-refractivity contribution is 0.471. The minimum atomic E-state index is 0.651. The van der Waals surface area contributed by atoms with Crippen molar-refractivity contribution in [2.45, 2.75) is 58.4 Å². The molecule has 0 heterocycles. The highest BCUT2D eigenvalue weighted by Gasteiger charge is 2.14. The van der Waals surface area contributed by atoms with Gasteiger partial charge in [-0.25, -0.2) is 0 Å². The lowest BCUT2D eigenvalue weighted by Crippen LogP contribution is -2.28. The van der Waals surface area contributed by atoms with Crippen molar-refractivity contribution >= 4 is 0 Å². The molecular formula is C13H25N. The third-order valence-corrected chi connectivity index (χ3v) is 3.15. The molecule has 0 aliphatic heterocycles. The Morgan fingerprint density at radius 3 is 2.57 bits per heavy atom. The lowest BCUT2D eigenvalue weighted by Gasteiger charge is -2.23. The average molecular weight is 195 g/mol. The molecule has 0 aromatic rings. The number of rotatable bonds is 5. The first kappa shape index (κ1) is 11.8. The normalized spacial score (nSPS) is 19.6. The van der Waals surface area contributed by atoms with Crippen LogP contribution in [0.15, 0.2) is 11.6 Å². The van der Waals surface area contributed by atoms with Gasteiger partial charge in [0.2, 0.25) is 0 Å². The molecule has 0 fully saturated rings. The molecule has 0 saturated heterocycles. The van der Waals surface area contributed by atoms with E-state index in [2.05, 4.69) is 32.3 Å². The van der Waals surface area contributed by atoms with Crippen LogP contribution in [0.2, 0.25) is 0 Å².